The van der Waals surface area contributed by atoms with Crippen LogP contribution in [0.3, 0.4) is 0 Å². The Morgan fingerprint density at radius 2 is 2.00 bits per heavy atom. The monoisotopic (exact) mass is 455 g/mol. The minimum Gasteiger partial charge on any atom is -0.377 e. The molecule has 1 saturated heterocycles. The molecule has 3 heterocycles. The minimum absolute atomic E-state index is 0.0965. The highest BCUT2D eigenvalue weighted by Crippen LogP contribution is 2.37. The predicted molar refractivity (Wildman–Crippen MR) is 129 cm³/mol. The first-order valence-electron chi connectivity index (χ1n) is 9.98. The number of carbonyl (C=O) groups excluding carboxylic acids is 1. The van der Waals surface area contributed by atoms with Crippen molar-refractivity contribution in [2.24, 2.45) is 0 Å². The Morgan fingerprint density at radius 3 is 2.75 bits per heavy atom. The molecule has 1 aliphatic rings. The molecule has 8 heteroatoms. The van der Waals surface area contributed by atoms with E-state index in [1.54, 1.807) is 21.6 Å². The fourth-order valence-electron chi connectivity index (χ4n) is 3.91. The molecule has 2 aromatic heterocycles. The Hall–Kier alpha value is -3.72. The molecule has 0 saturated carbocycles. The summed E-state index contributed by atoms with van der Waals surface area (Å²) in [7, 11) is 0. The predicted octanol–water partition coefficient (Wildman–Crippen LogP) is 4.91. The normalized spacial score (nSPS) is 13.7. The largest absolute Gasteiger partial charge is 0.377 e. The first-order chi connectivity index (χ1) is 15.7. The molecule has 32 heavy (non-hydrogen) atoms. The summed E-state index contributed by atoms with van der Waals surface area (Å²) in [5.41, 5.74) is 6.83. The third-order valence-electron chi connectivity index (χ3n) is 5.52. The molecule has 0 aliphatic carbocycles. The third-order valence-corrected chi connectivity index (χ3v) is 7.17. The summed E-state index contributed by atoms with van der Waals surface area (Å²) >= 11 is 2.91. The van der Waals surface area contributed by atoms with E-state index in [0.29, 0.717) is 42.6 Å². The third kappa shape index (κ3) is 3.60. The highest BCUT2D eigenvalue weighted by molar-refractivity contribution is 7.17. The van der Waals surface area contributed by atoms with Crippen molar-refractivity contribution in [2.75, 3.05) is 31.1 Å². The van der Waals surface area contributed by atoms with Gasteiger partial charge in [0.05, 0.1) is 22.3 Å². The van der Waals surface area contributed by atoms with Crippen LogP contribution in [0.4, 0.5) is 11.4 Å². The van der Waals surface area contributed by atoms with Gasteiger partial charge in [0.2, 0.25) is 5.69 Å². The Bertz CT molecular complexity index is 1400. The number of piperazine rings is 1. The Morgan fingerprint density at radius 1 is 1.16 bits per heavy atom. The molecule has 6 nitrogen and oxygen atoms in total. The lowest BCUT2D eigenvalue weighted by Gasteiger charge is -2.36. The molecule has 0 atom stereocenters. The zero-order valence-corrected chi connectivity index (χ0v) is 18.6. The molecule has 0 unspecified atom stereocenters. The first-order valence-corrected chi connectivity index (χ1v) is 11.7. The number of fused-ring (bicyclic) bond motifs is 1. The minimum atomic E-state index is -0.0965. The topological polar surface area (TPSA) is 53.7 Å². The second kappa shape index (κ2) is 8.43. The maximum absolute atomic E-state index is 12.7. The van der Waals surface area contributed by atoms with Crippen LogP contribution >= 0.6 is 22.7 Å². The van der Waals surface area contributed by atoms with Crippen molar-refractivity contribution in [2.45, 2.75) is 0 Å². The number of rotatable bonds is 3. The number of terminal acetylenes is 1. The second-order valence-electron chi connectivity index (χ2n) is 7.28. The summed E-state index contributed by atoms with van der Waals surface area (Å²) in [4.78, 5) is 29.1. The van der Waals surface area contributed by atoms with Crippen molar-refractivity contribution >= 4 is 50.2 Å². The van der Waals surface area contributed by atoms with Crippen LogP contribution in [0.5, 0.6) is 0 Å². The molecule has 0 N–H and O–H groups in total. The number of benzene rings is 2. The smallest absolute Gasteiger partial charge is 0.273 e. The van der Waals surface area contributed by atoms with Crippen molar-refractivity contribution in [3.8, 4) is 23.5 Å². The second-order valence-corrected chi connectivity index (χ2v) is 9.00. The summed E-state index contributed by atoms with van der Waals surface area (Å²) in [6.07, 6.45) is 5.36. The fraction of sp³-hybridized carbons (Fsp3) is 0.167. The van der Waals surface area contributed by atoms with Gasteiger partial charge in [0.1, 0.15) is 5.69 Å². The quantitative estimate of drug-likeness (QED) is 0.325. The van der Waals surface area contributed by atoms with Crippen molar-refractivity contribution < 1.29 is 4.79 Å². The zero-order chi connectivity index (χ0) is 22.1. The van der Waals surface area contributed by atoms with Crippen LogP contribution in [0.2, 0.25) is 0 Å². The van der Waals surface area contributed by atoms with Crippen LogP contribution < -0.4 is 4.90 Å². The van der Waals surface area contributed by atoms with E-state index in [1.165, 1.54) is 11.3 Å². The van der Waals surface area contributed by atoms with Gasteiger partial charge < -0.3 is 9.80 Å². The summed E-state index contributed by atoms with van der Waals surface area (Å²) in [6.45, 7) is 10.2. The molecule has 2 aromatic carbocycles. The molecule has 4 aromatic rings. The molecular weight excluding hydrogens is 438 g/mol. The summed E-state index contributed by atoms with van der Waals surface area (Å²) in [5.74, 6) is 2.37. The number of anilines is 1. The van der Waals surface area contributed by atoms with E-state index in [4.69, 9.17) is 13.0 Å². The van der Waals surface area contributed by atoms with Crippen LogP contribution in [-0.2, 0) is 0 Å². The number of thiazole rings is 2. The van der Waals surface area contributed by atoms with Crippen LogP contribution in [0.25, 0.3) is 26.2 Å². The lowest BCUT2D eigenvalue weighted by molar-refractivity contribution is 0.0741. The van der Waals surface area contributed by atoms with Gasteiger partial charge in [-0.05, 0) is 35.2 Å². The van der Waals surface area contributed by atoms with Gasteiger partial charge in [-0.1, -0.05) is 18.2 Å². The van der Waals surface area contributed by atoms with Gasteiger partial charge in [-0.3, -0.25) is 4.79 Å². The van der Waals surface area contributed by atoms with Gasteiger partial charge in [-0.15, -0.1) is 29.1 Å². The Kier molecular flexibility index (Phi) is 5.32. The van der Waals surface area contributed by atoms with Crippen LogP contribution in [0.15, 0.2) is 47.3 Å². The van der Waals surface area contributed by atoms with Crippen molar-refractivity contribution in [1.29, 1.82) is 0 Å². The number of carbonyl (C=O) groups is 1. The molecule has 1 fully saturated rings. The summed E-state index contributed by atoms with van der Waals surface area (Å²) in [6, 6.07) is 12.1. The van der Waals surface area contributed by atoms with E-state index in [9.17, 15) is 4.79 Å². The van der Waals surface area contributed by atoms with Crippen LogP contribution in [0, 0.1) is 18.9 Å². The molecule has 5 rings (SSSR count). The SMILES string of the molecule is [C-]#[N+]c1cc(-c2cccc3ncsc23)ccc1N1CCN(C(=O)c2csc(C#C)n2)CC1. The number of hydrogen-bond donors (Lipinski definition) is 0. The number of hydrogen-bond acceptors (Lipinski definition) is 6. The molecular formula is C24H17N5OS2. The Labute approximate surface area is 193 Å². The van der Waals surface area contributed by atoms with Crippen molar-refractivity contribution in [1.82, 2.24) is 14.9 Å². The average Bonchev–Trinajstić information content (AvgIpc) is 3.53. The highest BCUT2D eigenvalue weighted by Gasteiger charge is 2.25. The standard InChI is InChI=1S/C24H17N5OS2/c1-3-22-27-20(14-31-22)24(30)29-11-9-28(10-12-29)21-8-7-16(13-19(21)25-2)17-5-4-6-18-23(17)32-15-26-18/h1,4-8,13-15H,9-12H2. The zero-order valence-electron chi connectivity index (χ0n) is 17.0. The number of nitrogens with zero attached hydrogens (tertiary/aromatic N) is 5. The number of aromatic nitrogens is 2. The summed E-state index contributed by atoms with van der Waals surface area (Å²) in [5, 5.41) is 2.23. The molecule has 0 radical (unpaired) electrons. The van der Waals surface area contributed by atoms with Gasteiger partial charge in [-0.2, -0.15) is 0 Å². The van der Waals surface area contributed by atoms with Gasteiger partial charge in [-0.25, -0.2) is 14.8 Å². The van der Waals surface area contributed by atoms with E-state index in [1.807, 2.05) is 29.8 Å². The van der Waals surface area contributed by atoms with Crippen LogP contribution in [0.1, 0.15) is 15.5 Å². The molecule has 0 spiro atoms. The summed E-state index contributed by atoms with van der Waals surface area (Å²) < 4.78 is 1.12. The van der Waals surface area contributed by atoms with Crippen LogP contribution in [-0.4, -0.2) is 47.0 Å². The first kappa shape index (κ1) is 20.2. The van der Waals surface area contributed by atoms with Crippen molar-refractivity contribution in [3.63, 3.8) is 0 Å². The maximum atomic E-state index is 12.7. The molecule has 156 valence electrons. The van der Waals surface area contributed by atoms with Crippen molar-refractivity contribution in [3.05, 3.63) is 69.4 Å². The van der Waals surface area contributed by atoms with E-state index >= 15 is 0 Å². The molecule has 1 amide bonds. The van der Waals surface area contributed by atoms with Gasteiger partial charge in [0.25, 0.3) is 5.91 Å². The van der Waals surface area contributed by atoms with E-state index in [2.05, 4.69) is 37.8 Å². The average molecular weight is 456 g/mol. The van der Waals surface area contributed by atoms with Gasteiger partial charge in [0, 0.05) is 37.2 Å². The Balaban J connectivity index is 1.35. The van der Waals surface area contributed by atoms with E-state index in [0.717, 1.165) is 27.0 Å². The number of amides is 1. The molecule has 0 bridgehead atoms. The van der Waals surface area contributed by atoms with E-state index in [-0.39, 0.29) is 5.91 Å². The lowest BCUT2D eigenvalue weighted by atomic mass is 10.0. The van der Waals surface area contributed by atoms with Gasteiger partial charge >= 0.3 is 0 Å². The highest BCUT2D eigenvalue weighted by atomic mass is 32.1. The maximum Gasteiger partial charge on any atom is 0.273 e. The molecule has 1 aliphatic heterocycles. The lowest BCUT2D eigenvalue weighted by Crippen LogP contribution is -2.48. The fourth-order valence-corrected chi connectivity index (χ4v) is 5.33. The van der Waals surface area contributed by atoms with Gasteiger partial charge in [0.15, 0.2) is 5.01 Å². The van der Waals surface area contributed by atoms with E-state index < -0.39 is 0 Å².